The van der Waals surface area contributed by atoms with E-state index in [4.69, 9.17) is 0 Å². The SMILES string of the molecule is CCCC/C=C/c1[c]ccc(Br)c1. The van der Waals surface area contributed by atoms with Crippen LogP contribution in [-0.4, -0.2) is 0 Å². The van der Waals surface area contributed by atoms with E-state index in [1.54, 1.807) is 0 Å². The van der Waals surface area contributed by atoms with Gasteiger partial charge in [0.25, 0.3) is 0 Å². The summed E-state index contributed by atoms with van der Waals surface area (Å²) in [6, 6.07) is 9.16. The first kappa shape index (κ1) is 10.5. The lowest BCUT2D eigenvalue weighted by atomic mass is 10.2. The molecule has 0 aliphatic carbocycles. The number of hydrogen-bond acceptors (Lipinski definition) is 0. The van der Waals surface area contributed by atoms with Crippen LogP contribution in [0.15, 0.2) is 28.7 Å². The van der Waals surface area contributed by atoms with Crippen LogP contribution in [0.2, 0.25) is 0 Å². The smallest absolute Gasteiger partial charge is 0.0181 e. The Morgan fingerprint density at radius 1 is 1.54 bits per heavy atom. The maximum absolute atomic E-state index is 3.43. The minimum atomic E-state index is 1.11. The third kappa shape index (κ3) is 4.28. The minimum Gasteiger partial charge on any atom is -0.0839 e. The summed E-state index contributed by atoms with van der Waals surface area (Å²) in [4.78, 5) is 0. The molecule has 0 fully saturated rings. The van der Waals surface area contributed by atoms with Crippen LogP contribution in [0.3, 0.4) is 0 Å². The molecule has 0 N–H and O–H groups in total. The second kappa shape index (κ2) is 5.98. The first-order valence-electron chi connectivity index (χ1n) is 4.66. The molecule has 13 heavy (non-hydrogen) atoms. The lowest BCUT2D eigenvalue weighted by Gasteiger charge is -1.93. The molecule has 0 amide bonds. The van der Waals surface area contributed by atoms with Gasteiger partial charge in [-0.3, -0.25) is 0 Å². The lowest BCUT2D eigenvalue weighted by Crippen LogP contribution is -1.72. The van der Waals surface area contributed by atoms with Gasteiger partial charge >= 0.3 is 0 Å². The van der Waals surface area contributed by atoms with Crippen LogP contribution < -0.4 is 0 Å². The van der Waals surface area contributed by atoms with Crippen molar-refractivity contribution in [3.63, 3.8) is 0 Å². The predicted molar refractivity (Wildman–Crippen MR) is 61.5 cm³/mol. The van der Waals surface area contributed by atoms with Crippen molar-refractivity contribution in [3.8, 4) is 0 Å². The molecular weight excluding hydrogens is 224 g/mol. The highest BCUT2D eigenvalue weighted by Crippen LogP contribution is 2.12. The molecule has 0 saturated carbocycles. The van der Waals surface area contributed by atoms with E-state index in [1.807, 2.05) is 12.1 Å². The Balaban J connectivity index is 2.48. The zero-order valence-corrected chi connectivity index (χ0v) is 9.47. The van der Waals surface area contributed by atoms with Gasteiger partial charge in [-0.15, -0.1) is 0 Å². The van der Waals surface area contributed by atoms with Crippen LogP contribution in [-0.2, 0) is 0 Å². The molecule has 0 aliphatic rings. The molecule has 69 valence electrons. The fourth-order valence-corrected chi connectivity index (χ4v) is 1.46. The van der Waals surface area contributed by atoms with E-state index in [0.29, 0.717) is 0 Å². The molecule has 1 rings (SSSR count). The maximum atomic E-state index is 3.43. The van der Waals surface area contributed by atoms with E-state index in [9.17, 15) is 0 Å². The van der Waals surface area contributed by atoms with E-state index in [2.05, 4.69) is 47.1 Å². The molecule has 0 aromatic heterocycles. The van der Waals surface area contributed by atoms with Crippen molar-refractivity contribution >= 4 is 22.0 Å². The Morgan fingerprint density at radius 2 is 2.38 bits per heavy atom. The van der Waals surface area contributed by atoms with Crippen molar-refractivity contribution in [2.24, 2.45) is 0 Å². The molecular formula is C12H14Br. The first-order chi connectivity index (χ1) is 6.33. The normalized spacial score (nSPS) is 10.9. The van der Waals surface area contributed by atoms with Crippen molar-refractivity contribution in [1.82, 2.24) is 0 Å². The molecule has 1 aromatic carbocycles. The number of benzene rings is 1. The summed E-state index contributed by atoms with van der Waals surface area (Å²) in [6.07, 6.45) is 8.02. The monoisotopic (exact) mass is 237 g/mol. The van der Waals surface area contributed by atoms with Gasteiger partial charge in [-0.2, -0.15) is 0 Å². The van der Waals surface area contributed by atoms with Crippen molar-refractivity contribution in [1.29, 1.82) is 0 Å². The summed E-state index contributed by atoms with van der Waals surface area (Å²) in [5.74, 6) is 0. The van der Waals surface area contributed by atoms with E-state index in [1.165, 1.54) is 12.8 Å². The number of rotatable bonds is 4. The predicted octanol–water partition coefficient (Wildman–Crippen LogP) is 4.45. The molecule has 1 heteroatoms. The molecule has 0 spiro atoms. The van der Waals surface area contributed by atoms with Gasteiger partial charge in [-0.05, 0) is 30.2 Å². The topological polar surface area (TPSA) is 0 Å². The van der Waals surface area contributed by atoms with Gasteiger partial charge in [0.2, 0.25) is 0 Å². The van der Waals surface area contributed by atoms with Crippen molar-refractivity contribution in [2.45, 2.75) is 26.2 Å². The highest BCUT2D eigenvalue weighted by atomic mass is 79.9. The van der Waals surface area contributed by atoms with E-state index in [-0.39, 0.29) is 0 Å². The second-order valence-electron chi connectivity index (χ2n) is 3.01. The van der Waals surface area contributed by atoms with Crippen molar-refractivity contribution in [2.75, 3.05) is 0 Å². The summed E-state index contributed by atoms with van der Waals surface area (Å²) in [6.45, 7) is 2.21. The number of halogens is 1. The van der Waals surface area contributed by atoms with Gasteiger partial charge < -0.3 is 0 Å². The third-order valence-electron chi connectivity index (χ3n) is 1.81. The number of hydrogen-bond donors (Lipinski definition) is 0. The van der Waals surface area contributed by atoms with E-state index >= 15 is 0 Å². The van der Waals surface area contributed by atoms with Crippen LogP contribution in [0.25, 0.3) is 6.08 Å². The summed E-state index contributed by atoms with van der Waals surface area (Å²) in [5.41, 5.74) is 1.14. The molecule has 0 unspecified atom stereocenters. The van der Waals surface area contributed by atoms with Crippen LogP contribution in [0, 0.1) is 6.07 Å². The molecule has 0 bridgehead atoms. The molecule has 1 aromatic rings. The van der Waals surface area contributed by atoms with E-state index in [0.717, 1.165) is 16.5 Å². The van der Waals surface area contributed by atoms with Crippen LogP contribution in [0.1, 0.15) is 31.7 Å². The zero-order chi connectivity index (χ0) is 9.52. The third-order valence-corrected chi connectivity index (χ3v) is 2.30. The van der Waals surface area contributed by atoms with Gasteiger partial charge in [-0.1, -0.05) is 53.9 Å². The highest BCUT2D eigenvalue weighted by Gasteiger charge is 1.88. The summed E-state index contributed by atoms with van der Waals surface area (Å²) in [7, 11) is 0. The average molecular weight is 238 g/mol. The van der Waals surface area contributed by atoms with Crippen LogP contribution in [0.4, 0.5) is 0 Å². The van der Waals surface area contributed by atoms with Gasteiger partial charge in [0.15, 0.2) is 0 Å². The fraction of sp³-hybridized carbons (Fsp3) is 0.333. The van der Waals surface area contributed by atoms with Gasteiger partial charge in [0, 0.05) is 4.47 Å². The summed E-state index contributed by atoms with van der Waals surface area (Å²) >= 11 is 3.43. The molecule has 0 atom stereocenters. The van der Waals surface area contributed by atoms with Crippen molar-refractivity contribution in [3.05, 3.63) is 40.4 Å². The van der Waals surface area contributed by atoms with Gasteiger partial charge in [-0.25, -0.2) is 0 Å². The Morgan fingerprint density at radius 3 is 3.08 bits per heavy atom. The van der Waals surface area contributed by atoms with Crippen LogP contribution >= 0.6 is 15.9 Å². The molecule has 0 saturated heterocycles. The standard InChI is InChI=1S/C12H14Br/c1-2-3-4-5-7-11-8-6-9-12(13)10-11/h5-7,9-10H,2-4H2,1H3/b7-5+. The highest BCUT2D eigenvalue weighted by molar-refractivity contribution is 9.10. The lowest BCUT2D eigenvalue weighted by molar-refractivity contribution is 0.816. The quantitative estimate of drug-likeness (QED) is 0.679. The average Bonchev–Trinajstić information content (AvgIpc) is 2.13. The minimum absolute atomic E-state index is 1.11. The van der Waals surface area contributed by atoms with Crippen LogP contribution in [0.5, 0.6) is 0 Å². The molecule has 0 heterocycles. The molecule has 0 aliphatic heterocycles. The fourth-order valence-electron chi connectivity index (χ4n) is 1.08. The summed E-state index contributed by atoms with van der Waals surface area (Å²) < 4.78 is 1.11. The Hall–Kier alpha value is -0.560. The molecule has 1 radical (unpaired) electrons. The Bertz CT molecular complexity index is 276. The van der Waals surface area contributed by atoms with E-state index < -0.39 is 0 Å². The first-order valence-corrected chi connectivity index (χ1v) is 5.46. The number of unbranched alkanes of at least 4 members (excludes halogenated alkanes) is 2. The van der Waals surface area contributed by atoms with Gasteiger partial charge in [0.1, 0.15) is 0 Å². The maximum Gasteiger partial charge on any atom is 0.0181 e. The zero-order valence-electron chi connectivity index (χ0n) is 7.89. The second-order valence-corrected chi connectivity index (χ2v) is 3.92. The molecule has 0 nitrogen and oxygen atoms in total. The Labute approximate surface area is 88.8 Å². The Kier molecular flexibility index (Phi) is 4.84. The summed E-state index contributed by atoms with van der Waals surface area (Å²) in [5, 5.41) is 0. The van der Waals surface area contributed by atoms with Crippen molar-refractivity contribution < 1.29 is 0 Å². The largest absolute Gasteiger partial charge is 0.0839 e. The van der Waals surface area contributed by atoms with Gasteiger partial charge in [0.05, 0.1) is 0 Å². The number of allylic oxidation sites excluding steroid dienone is 1.